The number of rotatable bonds is 3. The van der Waals surface area contributed by atoms with E-state index in [9.17, 15) is 10.1 Å². The second-order valence-electron chi connectivity index (χ2n) is 3.92. The molecule has 0 radical (unpaired) electrons. The Kier molecular flexibility index (Phi) is 3.07. The molecule has 3 rings (SSSR count). The maximum absolute atomic E-state index is 10.6. The van der Waals surface area contributed by atoms with Crippen LogP contribution in [0.5, 0.6) is 0 Å². The van der Waals surface area contributed by atoms with E-state index in [2.05, 4.69) is 31.1 Å². The summed E-state index contributed by atoms with van der Waals surface area (Å²) in [5.41, 5.74) is 0.711. The average molecular weight is 335 g/mol. The SMILES string of the molecule is O=[N+]([O-])c1ccc(-c2n[nH]c(-c3ccc(Br)o3)n2)cc1. The van der Waals surface area contributed by atoms with Crippen LogP contribution in [0.15, 0.2) is 45.5 Å². The van der Waals surface area contributed by atoms with Crippen LogP contribution in [0.3, 0.4) is 0 Å². The maximum Gasteiger partial charge on any atom is 0.269 e. The first-order valence-electron chi connectivity index (χ1n) is 5.56. The first-order valence-corrected chi connectivity index (χ1v) is 6.36. The van der Waals surface area contributed by atoms with Gasteiger partial charge in [0.1, 0.15) is 0 Å². The molecule has 0 fully saturated rings. The summed E-state index contributed by atoms with van der Waals surface area (Å²) in [6, 6.07) is 9.53. The molecule has 20 heavy (non-hydrogen) atoms. The van der Waals surface area contributed by atoms with Gasteiger partial charge in [-0.25, -0.2) is 4.98 Å². The lowest BCUT2D eigenvalue weighted by atomic mass is 10.2. The summed E-state index contributed by atoms with van der Waals surface area (Å²) in [6.07, 6.45) is 0. The van der Waals surface area contributed by atoms with Crippen molar-refractivity contribution in [3.63, 3.8) is 0 Å². The Morgan fingerprint density at radius 3 is 2.55 bits per heavy atom. The number of nitro groups is 1. The molecule has 0 aliphatic heterocycles. The van der Waals surface area contributed by atoms with E-state index in [4.69, 9.17) is 4.42 Å². The molecule has 0 atom stereocenters. The number of nitrogens with zero attached hydrogens (tertiary/aromatic N) is 3. The van der Waals surface area contributed by atoms with Crippen LogP contribution < -0.4 is 0 Å². The largest absolute Gasteiger partial charge is 0.446 e. The molecule has 0 amide bonds. The normalized spacial score (nSPS) is 10.7. The van der Waals surface area contributed by atoms with Gasteiger partial charge < -0.3 is 4.42 Å². The van der Waals surface area contributed by atoms with Crippen molar-refractivity contribution in [3.05, 3.63) is 51.2 Å². The molecule has 0 spiro atoms. The second kappa shape index (κ2) is 4.89. The predicted molar refractivity (Wildman–Crippen MR) is 73.9 cm³/mol. The minimum absolute atomic E-state index is 0.0273. The molecule has 1 aromatic carbocycles. The van der Waals surface area contributed by atoms with Crippen LogP contribution in [0.4, 0.5) is 5.69 Å². The van der Waals surface area contributed by atoms with Gasteiger partial charge in [0.25, 0.3) is 5.69 Å². The lowest BCUT2D eigenvalue weighted by molar-refractivity contribution is -0.384. The molecule has 100 valence electrons. The summed E-state index contributed by atoms with van der Waals surface area (Å²) >= 11 is 3.21. The van der Waals surface area contributed by atoms with Gasteiger partial charge in [-0.2, -0.15) is 5.10 Å². The molecule has 0 saturated heterocycles. The number of benzene rings is 1. The Hall–Kier alpha value is -2.48. The molecule has 2 heterocycles. The van der Waals surface area contributed by atoms with Crippen LogP contribution in [0.2, 0.25) is 0 Å². The number of H-pyrrole nitrogens is 1. The fourth-order valence-electron chi connectivity index (χ4n) is 1.67. The summed E-state index contributed by atoms with van der Waals surface area (Å²) in [6.45, 7) is 0. The summed E-state index contributed by atoms with van der Waals surface area (Å²) in [5, 5.41) is 17.4. The summed E-state index contributed by atoms with van der Waals surface area (Å²) in [5.74, 6) is 1.49. The standard InChI is InChI=1S/C12H7BrN4O3/c13-10-6-5-9(20-10)12-14-11(15-16-12)7-1-3-8(4-2-7)17(18)19/h1-6H,(H,14,15,16). The van der Waals surface area contributed by atoms with E-state index >= 15 is 0 Å². The third-order valence-electron chi connectivity index (χ3n) is 2.63. The van der Waals surface area contributed by atoms with Gasteiger partial charge in [0, 0.05) is 17.7 Å². The highest BCUT2D eigenvalue weighted by Crippen LogP contribution is 2.25. The number of furan rings is 1. The zero-order chi connectivity index (χ0) is 14.1. The fourth-order valence-corrected chi connectivity index (χ4v) is 1.98. The Balaban J connectivity index is 1.91. The van der Waals surface area contributed by atoms with Gasteiger partial charge in [0.2, 0.25) is 0 Å². The third kappa shape index (κ3) is 2.32. The maximum atomic E-state index is 10.6. The van der Waals surface area contributed by atoms with Crippen molar-refractivity contribution in [2.24, 2.45) is 0 Å². The monoisotopic (exact) mass is 334 g/mol. The number of hydrogen-bond acceptors (Lipinski definition) is 5. The number of hydrogen-bond donors (Lipinski definition) is 1. The van der Waals surface area contributed by atoms with Crippen molar-refractivity contribution in [1.82, 2.24) is 15.2 Å². The summed E-state index contributed by atoms with van der Waals surface area (Å²) in [7, 11) is 0. The molecule has 7 nitrogen and oxygen atoms in total. The van der Waals surface area contributed by atoms with Crippen LogP contribution in [0.1, 0.15) is 0 Å². The Labute approximate surface area is 120 Å². The third-order valence-corrected chi connectivity index (χ3v) is 3.05. The van der Waals surface area contributed by atoms with Gasteiger partial charge in [-0.15, -0.1) is 0 Å². The van der Waals surface area contributed by atoms with Crippen molar-refractivity contribution in [2.45, 2.75) is 0 Å². The first kappa shape index (κ1) is 12.5. The van der Waals surface area contributed by atoms with Crippen LogP contribution in [-0.4, -0.2) is 20.1 Å². The highest BCUT2D eigenvalue weighted by Gasteiger charge is 2.12. The van der Waals surface area contributed by atoms with E-state index in [1.165, 1.54) is 12.1 Å². The van der Waals surface area contributed by atoms with E-state index in [-0.39, 0.29) is 5.69 Å². The van der Waals surface area contributed by atoms with Crippen molar-refractivity contribution in [3.8, 4) is 23.0 Å². The summed E-state index contributed by atoms with van der Waals surface area (Å²) in [4.78, 5) is 14.4. The Morgan fingerprint density at radius 2 is 1.95 bits per heavy atom. The molecule has 0 aliphatic rings. The fraction of sp³-hybridized carbons (Fsp3) is 0. The topological polar surface area (TPSA) is 97.8 Å². The number of aromatic nitrogens is 3. The summed E-state index contributed by atoms with van der Waals surface area (Å²) < 4.78 is 5.96. The van der Waals surface area contributed by atoms with Crippen LogP contribution in [0.25, 0.3) is 23.0 Å². The van der Waals surface area contributed by atoms with Gasteiger partial charge in [0.15, 0.2) is 22.1 Å². The highest BCUT2D eigenvalue weighted by atomic mass is 79.9. The minimum atomic E-state index is -0.451. The first-order chi connectivity index (χ1) is 9.63. The molecule has 1 N–H and O–H groups in total. The van der Waals surface area contributed by atoms with Crippen molar-refractivity contribution < 1.29 is 9.34 Å². The smallest absolute Gasteiger partial charge is 0.269 e. The molecule has 0 bridgehead atoms. The van der Waals surface area contributed by atoms with Gasteiger partial charge in [-0.05, 0) is 40.2 Å². The van der Waals surface area contributed by atoms with Crippen molar-refractivity contribution in [2.75, 3.05) is 0 Å². The zero-order valence-electron chi connectivity index (χ0n) is 9.91. The number of nitro benzene ring substituents is 1. The van der Waals surface area contributed by atoms with Crippen LogP contribution in [-0.2, 0) is 0 Å². The molecular formula is C12H7BrN4O3. The molecule has 0 aliphatic carbocycles. The molecular weight excluding hydrogens is 328 g/mol. The van der Waals surface area contributed by atoms with Crippen molar-refractivity contribution in [1.29, 1.82) is 0 Å². The molecule has 0 saturated carbocycles. The number of halogens is 1. The van der Waals surface area contributed by atoms with E-state index in [1.807, 2.05) is 0 Å². The number of nitrogens with one attached hydrogen (secondary N) is 1. The zero-order valence-corrected chi connectivity index (χ0v) is 11.5. The lowest BCUT2D eigenvalue weighted by Crippen LogP contribution is -1.87. The minimum Gasteiger partial charge on any atom is -0.446 e. The Morgan fingerprint density at radius 1 is 1.20 bits per heavy atom. The number of aromatic amines is 1. The lowest BCUT2D eigenvalue weighted by Gasteiger charge is -1.94. The van der Waals surface area contributed by atoms with Gasteiger partial charge in [-0.3, -0.25) is 15.2 Å². The van der Waals surface area contributed by atoms with E-state index in [0.717, 1.165) is 0 Å². The van der Waals surface area contributed by atoms with Crippen LogP contribution in [0, 0.1) is 10.1 Å². The second-order valence-corrected chi connectivity index (χ2v) is 4.70. The van der Waals surface area contributed by atoms with Gasteiger partial charge in [0.05, 0.1) is 4.92 Å². The molecule has 8 heteroatoms. The van der Waals surface area contributed by atoms with Gasteiger partial charge >= 0.3 is 0 Å². The Bertz CT molecular complexity index is 763. The van der Waals surface area contributed by atoms with E-state index in [0.29, 0.717) is 27.6 Å². The van der Waals surface area contributed by atoms with E-state index in [1.54, 1.807) is 24.3 Å². The molecule has 2 aromatic heterocycles. The molecule has 3 aromatic rings. The van der Waals surface area contributed by atoms with E-state index < -0.39 is 4.92 Å². The quantitative estimate of drug-likeness (QED) is 0.584. The number of non-ortho nitro benzene ring substituents is 1. The molecule has 0 unspecified atom stereocenters. The van der Waals surface area contributed by atoms with Crippen molar-refractivity contribution >= 4 is 21.6 Å². The average Bonchev–Trinajstić information content (AvgIpc) is 3.07. The highest BCUT2D eigenvalue weighted by molar-refractivity contribution is 9.10. The predicted octanol–water partition coefficient (Wildman–Crippen LogP) is 3.40. The van der Waals surface area contributed by atoms with Gasteiger partial charge in [-0.1, -0.05) is 0 Å². The van der Waals surface area contributed by atoms with Crippen LogP contribution >= 0.6 is 15.9 Å².